The number of nitrogens with one attached hydrogen (secondary N) is 1. The number of carbonyl (C=O) groups excluding carboxylic acids is 1. The molecular weight excluding hydrogens is 334 g/mol. The number of aromatic nitrogens is 1. The van der Waals surface area contributed by atoms with Gasteiger partial charge in [-0.3, -0.25) is 9.78 Å². The summed E-state index contributed by atoms with van der Waals surface area (Å²) >= 11 is 0. The first-order valence-electron chi connectivity index (χ1n) is 9.31. The lowest BCUT2D eigenvalue weighted by Crippen LogP contribution is -2.28. The molecule has 27 heavy (non-hydrogen) atoms. The molecule has 1 unspecified atom stereocenters. The smallest absolute Gasteiger partial charge is 0.220 e. The van der Waals surface area contributed by atoms with Crippen LogP contribution in [-0.4, -0.2) is 10.9 Å². The summed E-state index contributed by atoms with van der Waals surface area (Å²) in [4.78, 5) is 16.7. The van der Waals surface area contributed by atoms with Crippen molar-refractivity contribution in [2.24, 2.45) is 0 Å². The van der Waals surface area contributed by atoms with Crippen molar-refractivity contribution >= 4 is 16.7 Å². The highest BCUT2D eigenvalue weighted by molar-refractivity contribution is 5.85. The van der Waals surface area contributed by atoms with E-state index in [1.807, 2.05) is 54.7 Å². The molecule has 3 aromatic rings. The van der Waals surface area contributed by atoms with Gasteiger partial charge < -0.3 is 5.32 Å². The van der Waals surface area contributed by atoms with Gasteiger partial charge in [-0.1, -0.05) is 48.5 Å². The van der Waals surface area contributed by atoms with E-state index in [0.717, 1.165) is 34.7 Å². The number of benzene rings is 2. The molecule has 0 bridgehead atoms. The maximum absolute atomic E-state index is 12.6. The first kappa shape index (κ1) is 18.6. The largest absolute Gasteiger partial charge is 0.349 e. The van der Waals surface area contributed by atoms with Crippen LogP contribution in [0.3, 0.4) is 0 Å². The summed E-state index contributed by atoms with van der Waals surface area (Å²) in [6.07, 6.45) is 6.79. The number of unbranched alkanes of at least 4 members (excludes halogenated alkanes) is 1. The summed E-state index contributed by atoms with van der Waals surface area (Å²) in [6, 6.07) is 20.2. The van der Waals surface area contributed by atoms with E-state index < -0.39 is 0 Å². The number of carbonyl (C=O) groups is 1. The second-order valence-corrected chi connectivity index (χ2v) is 6.60. The van der Waals surface area contributed by atoms with Gasteiger partial charge in [0.05, 0.1) is 12.1 Å². The minimum absolute atomic E-state index is 0.0341. The van der Waals surface area contributed by atoms with E-state index in [-0.39, 0.29) is 11.9 Å². The van der Waals surface area contributed by atoms with E-state index in [0.29, 0.717) is 19.3 Å². The van der Waals surface area contributed by atoms with E-state index in [9.17, 15) is 4.79 Å². The van der Waals surface area contributed by atoms with Crippen LogP contribution in [0, 0.1) is 11.3 Å². The van der Waals surface area contributed by atoms with Crippen molar-refractivity contribution < 1.29 is 4.79 Å². The van der Waals surface area contributed by atoms with Gasteiger partial charge in [-0.2, -0.15) is 5.26 Å². The summed E-state index contributed by atoms with van der Waals surface area (Å²) in [7, 11) is 0. The van der Waals surface area contributed by atoms with Gasteiger partial charge in [0, 0.05) is 30.6 Å². The Bertz CT molecular complexity index is 926. The Kier molecular flexibility index (Phi) is 6.54. The number of hydrogen-bond acceptors (Lipinski definition) is 3. The summed E-state index contributed by atoms with van der Waals surface area (Å²) in [6.45, 7) is 0. The number of amides is 1. The monoisotopic (exact) mass is 357 g/mol. The van der Waals surface area contributed by atoms with Crippen LogP contribution < -0.4 is 5.32 Å². The molecule has 1 atom stereocenters. The zero-order chi connectivity index (χ0) is 18.9. The minimum Gasteiger partial charge on any atom is -0.349 e. The van der Waals surface area contributed by atoms with Crippen LogP contribution in [-0.2, 0) is 11.2 Å². The van der Waals surface area contributed by atoms with Gasteiger partial charge in [-0.25, -0.2) is 0 Å². The molecule has 4 nitrogen and oxygen atoms in total. The zero-order valence-corrected chi connectivity index (χ0v) is 15.3. The van der Waals surface area contributed by atoms with Gasteiger partial charge in [0.25, 0.3) is 0 Å². The lowest BCUT2D eigenvalue weighted by Gasteiger charge is -2.19. The average molecular weight is 357 g/mol. The molecule has 0 fully saturated rings. The molecule has 1 N–H and O–H groups in total. The fourth-order valence-electron chi connectivity index (χ4n) is 3.32. The van der Waals surface area contributed by atoms with E-state index in [1.165, 1.54) is 0 Å². The molecule has 136 valence electrons. The number of rotatable bonds is 8. The lowest BCUT2D eigenvalue weighted by molar-refractivity contribution is -0.121. The van der Waals surface area contributed by atoms with Gasteiger partial charge in [0.15, 0.2) is 0 Å². The number of nitrogens with zero attached hydrogens (tertiary/aromatic N) is 2. The standard InChI is InChI=1S/C23H23N3O/c24-15-5-4-11-22(19-7-2-1-3-8-19)26-23(27)13-12-18-9-6-10-20-17-25-16-14-21(18)20/h1-3,6-10,14,16-17,22H,4-5,11-13H2,(H,26,27). The predicted molar refractivity (Wildman–Crippen MR) is 107 cm³/mol. The van der Waals surface area contributed by atoms with Crippen LogP contribution in [0.25, 0.3) is 10.8 Å². The summed E-state index contributed by atoms with van der Waals surface area (Å²) in [5.41, 5.74) is 2.24. The fourth-order valence-corrected chi connectivity index (χ4v) is 3.32. The number of aryl methyl sites for hydroxylation is 1. The van der Waals surface area contributed by atoms with Crippen LogP contribution in [0.2, 0.25) is 0 Å². The fraction of sp³-hybridized carbons (Fsp3) is 0.261. The Balaban J connectivity index is 1.64. The van der Waals surface area contributed by atoms with Gasteiger partial charge in [0.1, 0.15) is 0 Å². The predicted octanol–water partition coefficient (Wildman–Crippen LogP) is 4.72. The van der Waals surface area contributed by atoms with Crippen molar-refractivity contribution in [3.05, 3.63) is 78.1 Å². The van der Waals surface area contributed by atoms with E-state index in [4.69, 9.17) is 5.26 Å². The summed E-state index contributed by atoms with van der Waals surface area (Å²) < 4.78 is 0. The van der Waals surface area contributed by atoms with Crippen molar-refractivity contribution in [3.8, 4) is 6.07 Å². The number of nitriles is 1. The Hall–Kier alpha value is -3.19. The molecule has 0 aliphatic carbocycles. The van der Waals surface area contributed by atoms with E-state index in [1.54, 1.807) is 6.20 Å². The molecule has 0 saturated carbocycles. The quantitative estimate of drug-likeness (QED) is 0.593. The van der Waals surface area contributed by atoms with Crippen molar-refractivity contribution in [1.82, 2.24) is 10.3 Å². The number of fused-ring (bicyclic) bond motifs is 1. The van der Waals surface area contributed by atoms with Crippen molar-refractivity contribution in [2.45, 2.75) is 38.1 Å². The second kappa shape index (κ2) is 9.49. The van der Waals surface area contributed by atoms with Crippen LogP contribution in [0.15, 0.2) is 67.0 Å². The summed E-state index contributed by atoms with van der Waals surface area (Å²) in [5, 5.41) is 14.2. The van der Waals surface area contributed by atoms with Crippen molar-refractivity contribution in [1.29, 1.82) is 5.26 Å². The third-order valence-corrected chi connectivity index (χ3v) is 4.71. The molecule has 1 aromatic heterocycles. The molecule has 0 aliphatic heterocycles. The molecule has 0 spiro atoms. The molecule has 0 radical (unpaired) electrons. The molecule has 0 saturated heterocycles. The maximum Gasteiger partial charge on any atom is 0.220 e. The first-order chi connectivity index (χ1) is 13.3. The molecule has 2 aromatic carbocycles. The van der Waals surface area contributed by atoms with Gasteiger partial charge in [-0.15, -0.1) is 0 Å². The van der Waals surface area contributed by atoms with Crippen LogP contribution in [0.1, 0.15) is 42.9 Å². The average Bonchev–Trinajstić information content (AvgIpc) is 2.72. The number of hydrogen-bond donors (Lipinski definition) is 1. The molecule has 1 amide bonds. The highest BCUT2D eigenvalue weighted by Gasteiger charge is 2.14. The molecular formula is C23H23N3O. The third kappa shape index (κ3) is 5.15. The molecule has 4 heteroatoms. The van der Waals surface area contributed by atoms with Crippen molar-refractivity contribution in [2.75, 3.05) is 0 Å². The van der Waals surface area contributed by atoms with Crippen LogP contribution in [0.5, 0.6) is 0 Å². The summed E-state index contributed by atoms with van der Waals surface area (Å²) in [5.74, 6) is 0.0341. The second-order valence-electron chi connectivity index (χ2n) is 6.60. The highest BCUT2D eigenvalue weighted by atomic mass is 16.1. The third-order valence-electron chi connectivity index (χ3n) is 4.71. The first-order valence-corrected chi connectivity index (χ1v) is 9.31. The van der Waals surface area contributed by atoms with Gasteiger partial charge in [-0.05, 0) is 41.8 Å². The molecule has 3 rings (SSSR count). The molecule has 1 heterocycles. The van der Waals surface area contributed by atoms with Gasteiger partial charge >= 0.3 is 0 Å². The number of pyridine rings is 1. The molecule has 0 aliphatic rings. The maximum atomic E-state index is 12.6. The Morgan fingerprint density at radius 2 is 1.96 bits per heavy atom. The zero-order valence-electron chi connectivity index (χ0n) is 15.3. The Morgan fingerprint density at radius 1 is 1.11 bits per heavy atom. The van der Waals surface area contributed by atoms with Crippen LogP contribution >= 0.6 is 0 Å². The normalized spacial score (nSPS) is 11.7. The van der Waals surface area contributed by atoms with E-state index >= 15 is 0 Å². The topological polar surface area (TPSA) is 65.8 Å². The van der Waals surface area contributed by atoms with E-state index in [2.05, 4.69) is 22.4 Å². The Labute approximate surface area is 159 Å². The van der Waals surface area contributed by atoms with Gasteiger partial charge in [0.2, 0.25) is 5.91 Å². The SMILES string of the molecule is N#CCCCC(NC(=O)CCc1cccc2cnccc12)c1ccccc1. The minimum atomic E-state index is -0.0521. The van der Waals surface area contributed by atoms with Crippen molar-refractivity contribution in [3.63, 3.8) is 0 Å². The Morgan fingerprint density at radius 3 is 2.78 bits per heavy atom. The van der Waals surface area contributed by atoms with Crippen LogP contribution in [0.4, 0.5) is 0 Å². The highest BCUT2D eigenvalue weighted by Crippen LogP contribution is 2.21. The lowest BCUT2D eigenvalue weighted by atomic mass is 9.99.